The van der Waals surface area contributed by atoms with Crippen molar-refractivity contribution in [1.29, 1.82) is 0 Å². The number of nitrogens with two attached hydrogens (primary N) is 1. The summed E-state index contributed by atoms with van der Waals surface area (Å²) >= 11 is 0. The van der Waals surface area contributed by atoms with Gasteiger partial charge in [0.1, 0.15) is 0 Å². The third-order valence-corrected chi connectivity index (χ3v) is 3.67. The summed E-state index contributed by atoms with van der Waals surface area (Å²) in [5.74, 6) is -0.167. The van der Waals surface area contributed by atoms with Crippen molar-refractivity contribution in [3.63, 3.8) is 0 Å². The fourth-order valence-corrected chi connectivity index (χ4v) is 2.60. The van der Waals surface area contributed by atoms with Crippen LogP contribution in [-0.2, 0) is 11.8 Å². The minimum atomic E-state index is -0.214. The number of aromatic nitrogens is 2. The number of carbonyl (C=O) groups excluding carboxylic acids is 1. The fourth-order valence-electron chi connectivity index (χ4n) is 2.60. The molecule has 1 aliphatic rings. The Hall–Kier alpha value is -1.62. The van der Waals surface area contributed by atoms with Gasteiger partial charge in [0.15, 0.2) is 0 Å². The molecule has 0 aromatic carbocycles. The first-order valence-corrected chi connectivity index (χ1v) is 6.61. The van der Waals surface area contributed by atoms with Crippen molar-refractivity contribution in [2.75, 3.05) is 19.6 Å². The highest BCUT2D eigenvalue weighted by atomic mass is 16.1. The number of allylic oxidation sites excluding steroid dienone is 1. The second kappa shape index (κ2) is 5.57. The molecule has 19 heavy (non-hydrogen) atoms. The van der Waals surface area contributed by atoms with Gasteiger partial charge in [-0.15, -0.1) is 0 Å². The zero-order chi connectivity index (χ0) is 14.0. The molecule has 2 atom stereocenters. The Morgan fingerprint density at radius 3 is 2.79 bits per heavy atom. The summed E-state index contributed by atoms with van der Waals surface area (Å²) in [7, 11) is 1.89. The van der Waals surface area contributed by atoms with Gasteiger partial charge in [-0.25, -0.2) is 0 Å². The molecule has 1 saturated heterocycles. The van der Waals surface area contributed by atoms with E-state index in [2.05, 4.69) is 29.9 Å². The zero-order valence-corrected chi connectivity index (χ0v) is 11.8. The summed E-state index contributed by atoms with van der Waals surface area (Å²) in [6.45, 7) is 6.64. The topological polar surface area (TPSA) is 64.2 Å². The second-order valence-electron chi connectivity index (χ2n) is 5.56. The number of rotatable bonds is 4. The maximum Gasteiger partial charge on any atom is 0.222 e. The molecule has 5 nitrogen and oxygen atoms in total. The lowest BCUT2D eigenvalue weighted by molar-refractivity contribution is -0.121. The van der Waals surface area contributed by atoms with Gasteiger partial charge in [-0.1, -0.05) is 11.6 Å². The molecule has 2 N–H and O–H groups in total. The average Bonchev–Trinajstić information content (AvgIpc) is 2.92. The maximum absolute atomic E-state index is 11.6. The summed E-state index contributed by atoms with van der Waals surface area (Å²) in [6.07, 6.45) is 6.00. The lowest BCUT2D eigenvalue weighted by Crippen LogP contribution is -2.29. The maximum atomic E-state index is 11.6. The van der Waals surface area contributed by atoms with E-state index in [0.717, 1.165) is 25.2 Å². The lowest BCUT2D eigenvalue weighted by Gasteiger charge is -2.13. The number of aryl methyl sites for hydroxylation is 1. The van der Waals surface area contributed by atoms with Crippen molar-refractivity contribution >= 4 is 5.91 Å². The lowest BCUT2D eigenvalue weighted by atomic mass is 9.90. The van der Waals surface area contributed by atoms with Crippen molar-refractivity contribution in [1.82, 2.24) is 14.7 Å². The summed E-state index contributed by atoms with van der Waals surface area (Å²) in [6, 6.07) is 0. The molecular weight excluding hydrogens is 240 g/mol. The molecule has 0 spiro atoms. The summed E-state index contributed by atoms with van der Waals surface area (Å²) in [5, 5.41) is 4.19. The van der Waals surface area contributed by atoms with E-state index in [1.165, 1.54) is 5.57 Å². The monoisotopic (exact) mass is 262 g/mol. The zero-order valence-electron chi connectivity index (χ0n) is 11.8. The van der Waals surface area contributed by atoms with Gasteiger partial charge in [0.05, 0.1) is 12.1 Å². The molecule has 104 valence electrons. The molecule has 0 aliphatic carbocycles. The third-order valence-electron chi connectivity index (χ3n) is 3.67. The molecular formula is C14H22N4O. The van der Waals surface area contributed by atoms with Gasteiger partial charge in [-0.2, -0.15) is 5.10 Å². The Morgan fingerprint density at radius 2 is 2.26 bits per heavy atom. The molecule has 5 heteroatoms. The number of hydrogen-bond donors (Lipinski definition) is 1. The van der Waals surface area contributed by atoms with Crippen molar-refractivity contribution < 1.29 is 4.79 Å². The molecule has 0 saturated carbocycles. The van der Waals surface area contributed by atoms with E-state index in [1.54, 1.807) is 4.68 Å². The van der Waals surface area contributed by atoms with E-state index in [4.69, 9.17) is 5.73 Å². The average molecular weight is 262 g/mol. The molecule has 2 heterocycles. The number of nitrogens with zero attached hydrogens (tertiary/aromatic N) is 3. The summed E-state index contributed by atoms with van der Waals surface area (Å²) < 4.78 is 1.77. The van der Waals surface area contributed by atoms with Crippen molar-refractivity contribution in [2.45, 2.75) is 19.8 Å². The van der Waals surface area contributed by atoms with E-state index in [9.17, 15) is 4.79 Å². The van der Waals surface area contributed by atoms with Crippen LogP contribution in [0.25, 0.3) is 0 Å². The molecule has 1 aromatic heterocycles. The molecule has 0 bridgehead atoms. The number of hydrogen-bond acceptors (Lipinski definition) is 3. The smallest absolute Gasteiger partial charge is 0.222 e. The van der Waals surface area contributed by atoms with Crippen molar-refractivity contribution in [3.8, 4) is 0 Å². The predicted molar refractivity (Wildman–Crippen MR) is 74.5 cm³/mol. The van der Waals surface area contributed by atoms with Crippen LogP contribution in [0.3, 0.4) is 0 Å². The largest absolute Gasteiger partial charge is 0.369 e. The predicted octanol–water partition coefficient (Wildman–Crippen LogP) is 0.887. The van der Waals surface area contributed by atoms with Crippen LogP contribution in [0.2, 0.25) is 0 Å². The first-order chi connectivity index (χ1) is 8.97. The van der Waals surface area contributed by atoms with Crippen LogP contribution in [0, 0.1) is 5.92 Å². The highest BCUT2D eigenvalue weighted by molar-refractivity contribution is 5.78. The fraction of sp³-hybridized carbons (Fsp3) is 0.571. The van der Waals surface area contributed by atoms with Gasteiger partial charge >= 0.3 is 0 Å². The quantitative estimate of drug-likeness (QED) is 0.820. The Labute approximate surface area is 114 Å². The van der Waals surface area contributed by atoms with Crippen LogP contribution in [0.15, 0.2) is 24.0 Å². The first kappa shape index (κ1) is 13.8. The van der Waals surface area contributed by atoms with E-state index < -0.39 is 0 Å². The van der Waals surface area contributed by atoms with Crippen molar-refractivity contribution in [3.05, 3.63) is 29.6 Å². The molecule has 1 aliphatic heterocycles. The Kier molecular flexibility index (Phi) is 4.04. The third kappa shape index (κ3) is 3.23. The van der Waals surface area contributed by atoms with E-state index in [-0.39, 0.29) is 17.7 Å². The molecule has 1 aromatic rings. The normalized spacial score (nSPS) is 23.5. The first-order valence-electron chi connectivity index (χ1n) is 6.61. The van der Waals surface area contributed by atoms with Crippen LogP contribution >= 0.6 is 0 Å². The van der Waals surface area contributed by atoms with Gasteiger partial charge < -0.3 is 5.73 Å². The van der Waals surface area contributed by atoms with Gasteiger partial charge in [0.25, 0.3) is 0 Å². The summed E-state index contributed by atoms with van der Waals surface area (Å²) in [4.78, 5) is 13.9. The standard InChI is InChI=1S/C14H22N4O/c1-10(2)4-5-18-8-12(13(9-18)14(15)19)11-6-16-17(3)7-11/h4,6-7,12-13H,5,8-9H2,1-3H3,(H2,15,19)/t12-,13+/m1/s1. The molecule has 0 unspecified atom stereocenters. The van der Waals surface area contributed by atoms with Gasteiger partial charge in [-0.3, -0.25) is 14.4 Å². The van der Waals surface area contributed by atoms with Crippen LogP contribution in [0.5, 0.6) is 0 Å². The number of amides is 1. The molecule has 1 fully saturated rings. The second-order valence-corrected chi connectivity index (χ2v) is 5.56. The van der Waals surface area contributed by atoms with E-state index in [0.29, 0.717) is 0 Å². The Bertz CT molecular complexity index is 487. The van der Waals surface area contributed by atoms with Crippen LogP contribution < -0.4 is 5.73 Å². The number of carbonyl (C=O) groups is 1. The van der Waals surface area contributed by atoms with Crippen LogP contribution in [-0.4, -0.2) is 40.2 Å². The molecule has 2 rings (SSSR count). The van der Waals surface area contributed by atoms with E-state index in [1.807, 2.05) is 19.4 Å². The molecule has 1 amide bonds. The van der Waals surface area contributed by atoms with Crippen LogP contribution in [0.4, 0.5) is 0 Å². The SMILES string of the molecule is CC(C)=CCN1C[C@H](C(N)=O)[C@@H](c2cnn(C)c2)C1. The Balaban J connectivity index is 2.13. The van der Waals surface area contributed by atoms with Crippen LogP contribution in [0.1, 0.15) is 25.3 Å². The van der Waals surface area contributed by atoms with Gasteiger partial charge in [-0.05, 0) is 19.4 Å². The minimum Gasteiger partial charge on any atom is -0.369 e. The highest BCUT2D eigenvalue weighted by Gasteiger charge is 2.37. The van der Waals surface area contributed by atoms with Gasteiger partial charge in [0, 0.05) is 38.8 Å². The van der Waals surface area contributed by atoms with Crippen molar-refractivity contribution in [2.24, 2.45) is 18.7 Å². The number of likely N-dealkylation sites (tertiary alicyclic amines) is 1. The summed E-state index contributed by atoms with van der Waals surface area (Å²) in [5.41, 5.74) is 7.94. The Morgan fingerprint density at radius 1 is 1.53 bits per heavy atom. The molecule has 0 radical (unpaired) electrons. The van der Waals surface area contributed by atoms with E-state index >= 15 is 0 Å². The number of primary amides is 1. The van der Waals surface area contributed by atoms with Gasteiger partial charge in [0.2, 0.25) is 5.91 Å². The minimum absolute atomic E-state index is 0.116. The highest BCUT2D eigenvalue weighted by Crippen LogP contribution is 2.32.